The molecular weight excluding hydrogens is 258 g/mol. The first-order valence-electron chi connectivity index (χ1n) is 8.63. The number of para-hydroxylation sites is 1. The second kappa shape index (κ2) is 5.01. The Morgan fingerprint density at radius 3 is 2.38 bits per heavy atom. The number of nitrogens with one attached hydrogen (secondary N) is 1. The summed E-state index contributed by atoms with van der Waals surface area (Å²) >= 11 is 0. The lowest BCUT2D eigenvalue weighted by atomic mass is 9.92. The second-order valence-corrected chi connectivity index (χ2v) is 7.54. The fourth-order valence-corrected chi connectivity index (χ4v) is 5.49. The van der Waals surface area contributed by atoms with Gasteiger partial charge in [-0.05, 0) is 75.8 Å². The first-order valence-corrected chi connectivity index (χ1v) is 8.63. The van der Waals surface area contributed by atoms with Crippen LogP contribution in [0.4, 0.5) is 0 Å². The van der Waals surface area contributed by atoms with E-state index in [4.69, 9.17) is 4.74 Å². The minimum absolute atomic E-state index is 0.235. The van der Waals surface area contributed by atoms with Gasteiger partial charge in [0.05, 0.1) is 6.10 Å². The predicted molar refractivity (Wildman–Crippen MR) is 85.3 cm³/mol. The second-order valence-electron chi connectivity index (χ2n) is 7.54. The van der Waals surface area contributed by atoms with E-state index < -0.39 is 0 Å². The zero-order valence-electron chi connectivity index (χ0n) is 13.4. The van der Waals surface area contributed by atoms with Gasteiger partial charge in [-0.25, -0.2) is 0 Å². The van der Waals surface area contributed by atoms with Crippen LogP contribution in [0.1, 0.15) is 44.7 Å². The van der Waals surface area contributed by atoms with Crippen LogP contribution in [0.2, 0.25) is 0 Å². The zero-order valence-corrected chi connectivity index (χ0v) is 13.4. The van der Waals surface area contributed by atoms with Crippen LogP contribution >= 0.6 is 0 Å². The van der Waals surface area contributed by atoms with E-state index in [2.05, 4.69) is 50.5 Å². The maximum absolute atomic E-state index is 6.06. The highest BCUT2D eigenvalue weighted by Gasteiger charge is 2.66. The van der Waals surface area contributed by atoms with Gasteiger partial charge < -0.3 is 10.1 Å². The van der Waals surface area contributed by atoms with Crippen LogP contribution in [0.3, 0.4) is 0 Å². The molecular formula is C19H27NO. The summed E-state index contributed by atoms with van der Waals surface area (Å²) in [4.78, 5) is 0. The van der Waals surface area contributed by atoms with Crippen LogP contribution in [-0.4, -0.2) is 13.2 Å². The van der Waals surface area contributed by atoms with Gasteiger partial charge in [0.1, 0.15) is 5.75 Å². The highest BCUT2D eigenvalue weighted by atomic mass is 16.5. The number of rotatable bonds is 5. The van der Waals surface area contributed by atoms with Crippen molar-refractivity contribution >= 4 is 0 Å². The van der Waals surface area contributed by atoms with Crippen LogP contribution in [0.25, 0.3) is 0 Å². The monoisotopic (exact) mass is 285 g/mol. The quantitative estimate of drug-likeness (QED) is 0.882. The molecule has 2 bridgehead atoms. The Hall–Kier alpha value is -1.02. The average molecular weight is 285 g/mol. The number of hydrogen-bond donors (Lipinski definition) is 1. The number of benzene rings is 1. The van der Waals surface area contributed by atoms with E-state index in [1.807, 2.05) is 0 Å². The molecule has 1 aromatic rings. The van der Waals surface area contributed by atoms with Gasteiger partial charge in [-0.2, -0.15) is 0 Å². The van der Waals surface area contributed by atoms with E-state index in [-0.39, 0.29) is 6.10 Å². The van der Waals surface area contributed by atoms with Crippen molar-refractivity contribution in [2.75, 3.05) is 7.05 Å². The molecule has 3 fully saturated rings. The SMILES string of the molecule is CNC(c1ccccc1OC(C)C)C1C2C3CCC(C3)C21. The van der Waals surface area contributed by atoms with Crippen molar-refractivity contribution in [2.24, 2.45) is 29.6 Å². The molecule has 21 heavy (non-hydrogen) atoms. The van der Waals surface area contributed by atoms with Gasteiger partial charge in [0.25, 0.3) is 0 Å². The first kappa shape index (κ1) is 13.6. The van der Waals surface area contributed by atoms with Crippen molar-refractivity contribution in [1.82, 2.24) is 5.32 Å². The highest BCUT2D eigenvalue weighted by molar-refractivity contribution is 5.38. The molecule has 2 nitrogen and oxygen atoms in total. The van der Waals surface area contributed by atoms with Gasteiger partial charge in [-0.1, -0.05) is 18.2 Å². The van der Waals surface area contributed by atoms with Gasteiger partial charge in [0.2, 0.25) is 0 Å². The Balaban J connectivity index is 1.60. The topological polar surface area (TPSA) is 21.3 Å². The van der Waals surface area contributed by atoms with Crippen LogP contribution < -0.4 is 10.1 Å². The number of fused-ring (bicyclic) bond motifs is 5. The fourth-order valence-electron chi connectivity index (χ4n) is 5.49. The lowest BCUT2D eigenvalue weighted by molar-refractivity contribution is 0.235. The molecule has 0 aromatic heterocycles. The molecule has 5 atom stereocenters. The van der Waals surface area contributed by atoms with Crippen molar-refractivity contribution in [3.63, 3.8) is 0 Å². The number of ether oxygens (including phenoxy) is 1. The molecule has 1 aromatic carbocycles. The maximum atomic E-state index is 6.06. The maximum Gasteiger partial charge on any atom is 0.124 e. The van der Waals surface area contributed by atoms with E-state index in [0.29, 0.717) is 6.04 Å². The molecule has 0 saturated heterocycles. The third kappa shape index (κ3) is 2.11. The van der Waals surface area contributed by atoms with Gasteiger partial charge in [0.15, 0.2) is 0 Å². The molecule has 0 amide bonds. The summed E-state index contributed by atoms with van der Waals surface area (Å²) < 4.78 is 6.06. The summed E-state index contributed by atoms with van der Waals surface area (Å²) in [6.07, 6.45) is 4.73. The van der Waals surface area contributed by atoms with Crippen LogP contribution in [-0.2, 0) is 0 Å². The summed E-state index contributed by atoms with van der Waals surface area (Å²) in [6.45, 7) is 4.22. The van der Waals surface area contributed by atoms with Gasteiger partial charge in [-0.15, -0.1) is 0 Å². The Kier molecular flexibility index (Phi) is 3.25. The average Bonchev–Trinajstić information content (AvgIpc) is 2.89. The van der Waals surface area contributed by atoms with Crippen LogP contribution in [0.15, 0.2) is 24.3 Å². The first-order chi connectivity index (χ1) is 10.2. The largest absolute Gasteiger partial charge is 0.491 e. The van der Waals surface area contributed by atoms with Crippen LogP contribution in [0.5, 0.6) is 5.75 Å². The number of hydrogen-bond acceptors (Lipinski definition) is 2. The van der Waals surface area contributed by atoms with Gasteiger partial charge in [0, 0.05) is 11.6 Å². The molecule has 3 aliphatic rings. The molecule has 5 unspecified atom stereocenters. The zero-order chi connectivity index (χ0) is 14.6. The molecule has 114 valence electrons. The lowest BCUT2D eigenvalue weighted by Gasteiger charge is -2.24. The molecule has 0 aliphatic heterocycles. The molecule has 3 aliphatic carbocycles. The smallest absolute Gasteiger partial charge is 0.124 e. The van der Waals surface area contributed by atoms with Crippen molar-refractivity contribution in [3.05, 3.63) is 29.8 Å². The molecule has 3 saturated carbocycles. The Morgan fingerprint density at radius 2 is 1.76 bits per heavy atom. The molecule has 0 heterocycles. The van der Waals surface area contributed by atoms with E-state index >= 15 is 0 Å². The van der Waals surface area contributed by atoms with Crippen molar-refractivity contribution in [1.29, 1.82) is 0 Å². The minimum Gasteiger partial charge on any atom is -0.491 e. The standard InChI is InChI=1S/C19H27NO/c1-11(2)21-15-7-5-4-6-14(15)19(20-3)18-16-12-8-9-13(10-12)17(16)18/h4-7,11-13,16-20H,8-10H2,1-3H3. The van der Waals surface area contributed by atoms with E-state index in [0.717, 1.165) is 35.3 Å². The van der Waals surface area contributed by atoms with E-state index in [9.17, 15) is 0 Å². The molecule has 0 spiro atoms. The van der Waals surface area contributed by atoms with Gasteiger partial charge >= 0.3 is 0 Å². The third-order valence-electron chi connectivity index (χ3n) is 6.11. The van der Waals surface area contributed by atoms with Crippen molar-refractivity contribution in [3.8, 4) is 5.75 Å². The predicted octanol–water partition coefficient (Wildman–Crippen LogP) is 4.03. The Labute approximate surface area is 128 Å². The van der Waals surface area contributed by atoms with Crippen LogP contribution in [0, 0.1) is 29.6 Å². The Bertz CT molecular complexity index is 510. The Morgan fingerprint density at radius 1 is 1.10 bits per heavy atom. The molecule has 2 heteroatoms. The molecule has 1 N–H and O–H groups in total. The summed E-state index contributed by atoms with van der Waals surface area (Å²) in [6, 6.07) is 9.10. The summed E-state index contributed by atoms with van der Waals surface area (Å²) in [5.41, 5.74) is 1.37. The van der Waals surface area contributed by atoms with E-state index in [1.54, 1.807) is 0 Å². The lowest BCUT2D eigenvalue weighted by Crippen LogP contribution is -2.23. The molecule has 4 rings (SSSR count). The van der Waals surface area contributed by atoms with Gasteiger partial charge in [-0.3, -0.25) is 0 Å². The molecule has 0 radical (unpaired) electrons. The summed E-state index contributed by atoms with van der Waals surface area (Å²) in [7, 11) is 2.12. The summed E-state index contributed by atoms with van der Waals surface area (Å²) in [5, 5.41) is 3.61. The summed E-state index contributed by atoms with van der Waals surface area (Å²) in [5.74, 6) is 5.96. The van der Waals surface area contributed by atoms with E-state index in [1.165, 1.54) is 24.8 Å². The minimum atomic E-state index is 0.235. The van der Waals surface area contributed by atoms with Crippen molar-refractivity contribution < 1.29 is 4.74 Å². The van der Waals surface area contributed by atoms with Crippen molar-refractivity contribution in [2.45, 2.75) is 45.3 Å². The third-order valence-corrected chi connectivity index (χ3v) is 6.11. The normalized spacial score (nSPS) is 37.6. The fraction of sp³-hybridized carbons (Fsp3) is 0.684. The highest BCUT2D eigenvalue weighted by Crippen LogP contribution is 2.72.